The second kappa shape index (κ2) is 7.63. The lowest BCUT2D eigenvalue weighted by Crippen LogP contribution is -2.31. The van der Waals surface area contributed by atoms with Crippen LogP contribution in [0.5, 0.6) is 0 Å². The summed E-state index contributed by atoms with van der Waals surface area (Å²) in [5.41, 5.74) is -0.505. The summed E-state index contributed by atoms with van der Waals surface area (Å²) in [5, 5.41) is 2.02. The number of benzene rings is 2. The van der Waals surface area contributed by atoms with E-state index in [1.807, 2.05) is 5.32 Å². The molecule has 0 saturated carbocycles. The summed E-state index contributed by atoms with van der Waals surface area (Å²) >= 11 is 0. The molecular weight excluding hydrogens is 323 g/mol. The summed E-state index contributed by atoms with van der Waals surface area (Å²) in [5.74, 6) is -4.21. The number of halogens is 3. The van der Waals surface area contributed by atoms with E-state index in [0.29, 0.717) is 0 Å². The summed E-state index contributed by atoms with van der Waals surface area (Å²) < 4.78 is 45.2. The molecule has 7 heteroatoms. The number of carbonyl (C=O) groups excluding carboxylic acids is 2. The van der Waals surface area contributed by atoms with Crippen LogP contribution < -0.4 is 5.32 Å². The minimum absolute atomic E-state index is 0.121. The highest BCUT2D eigenvalue weighted by molar-refractivity contribution is 5.95. The Hall–Kier alpha value is -2.83. The first kappa shape index (κ1) is 17.5. The zero-order chi connectivity index (χ0) is 17.7. The molecule has 0 aromatic heterocycles. The first-order valence-electron chi connectivity index (χ1n) is 7.06. The lowest BCUT2D eigenvalue weighted by Gasteiger charge is -2.14. The average molecular weight is 337 g/mol. The summed E-state index contributed by atoms with van der Waals surface area (Å²) in [6.07, 6.45) is -1.67. The molecular formula is C17H14F3NO3. The van der Waals surface area contributed by atoms with Crippen molar-refractivity contribution in [1.82, 2.24) is 0 Å². The number of esters is 1. The zero-order valence-corrected chi connectivity index (χ0v) is 12.7. The van der Waals surface area contributed by atoms with Crippen molar-refractivity contribution in [2.45, 2.75) is 19.4 Å². The molecule has 24 heavy (non-hydrogen) atoms. The van der Waals surface area contributed by atoms with E-state index in [9.17, 15) is 22.8 Å². The molecule has 2 rings (SSSR count). The standard InChI is InChI=1S/C17H14F3NO3/c1-10(17(23)21-16-13(19)7-4-8-14(16)20)24-15(22)9-11-5-2-3-6-12(11)18/h2-8,10H,9H2,1H3,(H,21,23)/t10-/m0/s1. The zero-order valence-electron chi connectivity index (χ0n) is 12.7. The van der Waals surface area contributed by atoms with Crippen molar-refractivity contribution in [2.24, 2.45) is 0 Å². The Bertz CT molecular complexity index is 744. The van der Waals surface area contributed by atoms with Gasteiger partial charge in [-0.2, -0.15) is 0 Å². The molecule has 0 unspecified atom stereocenters. The van der Waals surface area contributed by atoms with Crippen LogP contribution in [0, 0.1) is 17.5 Å². The SMILES string of the molecule is C[C@H](OC(=O)Cc1ccccc1F)C(=O)Nc1c(F)cccc1F. The van der Waals surface area contributed by atoms with Gasteiger partial charge in [0, 0.05) is 0 Å². The van der Waals surface area contributed by atoms with Crippen molar-refractivity contribution in [1.29, 1.82) is 0 Å². The molecule has 4 nitrogen and oxygen atoms in total. The van der Waals surface area contributed by atoms with Crippen LogP contribution in [0.1, 0.15) is 12.5 Å². The van der Waals surface area contributed by atoms with Gasteiger partial charge < -0.3 is 10.1 Å². The molecule has 0 heterocycles. The van der Waals surface area contributed by atoms with Gasteiger partial charge >= 0.3 is 5.97 Å². The second-order valence-corrected chi connectivity index (χ2v) is 4.99. The summed E-state index contributed by atoms with van der Waals surface area (Å²) in [6, 6.07) is 8.75. The Morgan fingerprint density at radius 3 is 2.21 bits per heavy atom. The third kappa shape index (κ3) is 4.34. The van der Waals surface area contributed by atoms with E-state index in [1.165, 1.54) is 25.1 Å². The van der Waals surface area contributed by atoms with Crippen LogP contribution in [0.4, 0.5) is 18.9 Å². The van der Waals surface area contributed by atoms with E-state index in [-0.39, 0.29) is 12.0 Å². The minimum Gasteiger partial charge on any atom is -0.452 e. The molecule has 0 radical (unpaired) electrons. The van der Waals surface area contributed by atoms with Gasteiger partial charge in [-0.25, -0.2) is 13.2 Å². The number of carbonyl (C=O) groups is 2. The van der Waals surface area contributed by atoms with Crippen LogP contribution in [0.3, 0.4) is 0 Å². The van der Waals surface area contributed by atoms with Crippen molar-refractivity contribution >= 4 is 17.6 Å². The maximum absolute atomic E-state index is 13.5. The third-order valence-electron chi connectivity index (χ3n) is 3.18. The van der Waals surface area contributed by atoms with Gasteiger partial charge in [0.2, 0.25) is 0 Å². The largest absolute Gasteiger partial charge is 0.452 e. The normalized spacial score (nSPS) is 11.7. The van der Waals surface area contributed by atoms with Gasteiger partial charge in [-0.15, -0.1) is 0 Å². The van der Waals surface area contributed by atoms with Crippen LogP contribution in [0.15, 0.2) is 42.5 Å². The fourth-order valence-electron chi connectivity index (χ4n) is 1.93. The fraction of sp³-hybridized carbons (Fsp3) is 0.176. The first-order chi connectivity index (χ1) is 11.4. The molecule has 0 fully saturated rings. The van der Waals surface area contributed by atoms with Gasteiger partial charge in [-0.05, 0) is 30.7 Å². The van der Waals surface area contributed by atoms with Gasteiger partial charge in [0.25, 0.3) is 5.91 Å². The molecule has 0 spiro atoms. The number of hydrogen-bond donors (Lipinski definition) is 1. The highest BCUT2D eigenvalue weighted by Crippen LogP contribution is 2.18. The predicted molar refractivity (Wildman–Crippen MR) is 80.6 cm³/mol. The van der Waals surface area contributed by atoms with Crippen LogP contribution in [-0.4, -0.2) is 18.0 Å². The fourth-order valence-corrected chi connectivity index (χ4v) is 1.93. The minimum atomic E-state index is -1.30. The summed E-state index contributed by atoms with van der Waals surface area (Å²) in [7, 11) is 0. The lowest BCUT2D eigenvalue weighted by molar-refractivity contribution is -0.152. The van der Waals surface area contributed by atoms with Gasteiger partial charge in [0.05, 0.1) is 6.42 Å². The molecule has 0 aliphatic rings. The summed E-state index contributed by atoms with van der Waals surface area (Å²) in [6.45, 7) is 1.24. The van der Waals surface area contributed by atoms with Crippen molar-refractivity contribution < 1.29 is 27.5 Å². The van der Waals surface area contributed by atoms with E-state index in [2.05, 4.69) is 0 Å². The Morgan fingerprint density at radius 1 is 1.00 bits per heavy atom. The number of ether oxygens (including phenoxy) is 1. The maximum atomic E-state index is 13.5. The lowest BCUT2D eigenvalue weighted by atomic mass is 10.1. The Morgan fingerprint density at radius 2 is 1.58 bits per heavy atom. The smallest absolute Gasteiger partial charge is 0.311 e. The molecule has 2 aromatic rings. The maximum Gasteiger partial charge on any atom is 0.311 e. The first-order valence-corrected chi connectivity index (χ1v) is 7.06. The number of amides is 1. The van der Waals surface area contributed by atoms with E-state index in [1.54, 1.807) is 6.07 Å². The Labute approximate surface area is 136 Å². The summed E-state index contributed by atoms with van der Waals surface area (Å²) in [4.78, 5) is 23.6. The number of hydrogen-bond acceptors (Lipinski definition) is 3. The third-order valence-corrected chi connectivity index (χ3v) is 3.18. The molecule has 126 valence electrons. The molecule has 1 amide bonds. The molecule has 0 aliphatic heterocycles. The Kier molecular flexibility index (Phi) is 5.57. The number of rotatable bonds is 5. The highest BCUT2D eigenvalue weighted by Gasteiger charge is 2.21. The van der Waals surface area contributed by atoms with E-state index in [4.69, 9.17) is 4.74 Å². The monoisotopic (exact) mass is 337 g/mol. The van der Waals surface area contributed by atoms with Crippen molar-refractivity contribution in [3.63, 3.8) is 0 Å². The van der Waals surface area contributed by atoms with Crippen molar-refractivity contribution in [3.05, 3.63) is 65.5 Å². The van der Waals surface area contributed by atoms with Crippen molar-refractivity contribution in [3.8, 4) is 0 Å². The number of para-hydroxylation sites is 1. The highest BCUT2D eigenvalue weighted by atomic mass is 19.1. The van der Waals surface area contributed by atoms with E-state index in [0.717, 1.165) is 18.2 Å². The van der Waals surface area contributed by atoms with Crippen LogP contribution in [-0.2, 0) is 20.7 Å². The van der Waals surface area contributed by atoms with Gasteiger partial charge in [-0.1, -0.05) is 24.3 Å². The molecule has 2 aromatic carbocycles. The van der Waals surface area contributed by atoms with Gasteiger partial charge in [0.15, 0.2) is 6.10 Å². The number of anilines is 1. The second-order valence-electron chi connectivity index (χ2n) is 4.99. The molecule has 1 N–H and O–H groups in total. The van der Waals surface area contributed by atoms with Gasteiger partial charge in [0.1, 0.15) is 23.1 Å². The topological polar surface area (TPSA) is 55.4 Å². The van der Waals surface area contributed by atoms with Gasteiger partial charge in [-0.3, -0.25) is 9.59 Å². The van der Waals surface area contributed by atoms with E-state index >= 15 is 0 Å². The molecule has 0 aliphatic carbocycles. The Balaban J connectivity index is 1.96. The van der Waals surface area contributed by atoms with E-state index < -0.39 is 41.1 Å². The molecule has 0 bridgehead atoms. The molecule has 0 saturated heterocycles. The quantitative estimate of drug-likeness (QED) is 0.853. The van der Waals surface area contributed by atoms with Crippen LogP contribution in [0.25, 0.3) is 0 Å². The van der Waals surface area contributed by atoms with Crippen LogP contribution in [0.2, 0.25) is 0 Å². The average Bonchev–Trinajstić information content (AvgIpc) is 2.53. The molecule has 1 atom stereocenters. The predicted octanol–water partition coefficient (Wildman–Crippen LogP) is 3.22. The number of nitrogens with one attached hydrogen (secondary N) is 1. The van der Waals surface area contributed by atoms with Crippen molar-refractivity contribution in [2.75, 3.05) is 5.32 Å². The van der Waals surface area contributed by atoms with Crippen LogP contribution >= 0.6 is 0 Å².